The Bertz CT molecular complexity index is 1500. The van der Waals surface area contributed by atoms with Gasteiger partial charge in [-0.2, -0.15) is 0 Å². The summed E-state index contributed by atoms with van der Waals surface area (Å²) in [5, 5.41) is 0. The lowest BCUT2D eigenvalue weighted by Gasteiger charge is -2.32. The van der Waals surface area contributed by atoms with E-state index in [2.05, 4.69) is 0 Å². The second-order valence-electron chi connectivity index (χ2n) is 14.6. The first kappa shape index (κ1) is 36.9. The summed E-state index contributed by atoms with van der Waals surface area (Å²) < 4.78 is 46.7. The van der Waals surface area contributed by atoms with E-state index in [-0.39, 0.29) is 76.0 Å². The smallest absolute Gasteiger partial charge is 0.168 e. The van der Waals surface area contributed by atoms with E-state index in [0.717, 1.165) is 18.2 Å². The second kappa shape index (κ2) is 13.0. The lowest BCUT2D eigenvalue weighted by Crippen LogP contribution is -2.43. The van der Waals surface area contributed by atoms with Crippen LogP contribution in [-0.4, -0.2) is 17.3 Å². The van der Waals surface area contributed by atoms with Crippen LogP contribution in [0.15, 0.2) is 54.6 Å². The highest BCUT2D eigenvalue weighted by Crippen LogP contribution is 2.34. The van der Waals surface area contributed by atoms with Crippen molar-refractivity contribution in [3.05, 3.63) is 105 Å². The number of hydrogen-bond acceptors (Lipinski definition) is 4. The van der Waals surface area contributed by atoms with Gasteiger partial charge >= 0.3 is 0 Å². The molecule has 3 aromatic carbocycles. The van der Waals surface area contributed by atoms with E-state index in [1.165, 1.54) is 36.4 Å². The molecule has 3 rings (SSSR count). The highest BCUT2D eigenvalue weighted by atomic mass is 35.5. The van der Waals surface area contributed by atoms with Crippen molar-refractivity contribution in [2.75, 3.05) is 0 Å². The quantitative estimate of drug-likeness (QED) is 0.253. The van der Waals surface area contributed by atoms with Crippen molar-refractivity contribution in [1.82, 2.24) is 0 Å². The summed E-state index contributed by atoms with van der Waals surface area (Å²) in [6, 6.07) is 12.1. The van der Waals surface area contributed by atoms with Gasteiger partial charge in [0.05, 0.1) is 5.54 Å². The van der Waals surface area contributed by atoms with Crippen molar-refractivity contribution in [2.24, 2.45) is 22.0 Å². The fourth-order valence-electron chi connectivity index (χ4n) is 4.96. The van der Waals surface area contributed by atoms with Gasteiger partial charge in [0.15, 0.2) is 17.3 Å². The Morgan fingerprint density at radius 3 is 1.11 bits per heavy atom. The summed E-state index contributed by atoms with van der Waals surface area (Å²) in [5.41, 5.74) is 3.75. The summed E-state index contributed by atoms with van der Waals surface area (Å²) in [6.07, 6.45) is -0.483. The number of benzene rings is 3. The topological polar surface area (TPSA) is 77.2 Å². The summed E-state index contributed by atoms with van der Waals surface area (Å²) >= 11 is 0. The second-order valence-corrected chi connectivity index (χ2v) is 14.6. The molecule has 2 N–H and O–H groups in total. The van der Waals surface area contributed by atoms with Gasteiger partial charge in [-0.3, -0.25) is 14.4 Å². The Morgan fingerprint density at radius 1 is 0.545 bits per heavy atom. The summed E-state index contributed by atoms with van der Waals surface area (Å²) in [5.74, 6) is -2.93. The van der Waals surface area contributed by atoms with Crippen LogP contribution in [0.5, 0.6) is 0 Å². The highest BCUT2D eigenvalue weighted by molar-refractivity contribution is 6.01. The number of ketones is 3. The van der Waals surface area contributed by atoms with Crippen LogP contribution in [0.25, 0.3) is 0 Å². The van der Waals surface area contributed by atoms with Gasteiger partial charge in [-0.05, 0) is 42.2 Å². The van der Waals surface area contributed by atoms with Crippen LogP contribution >= 0.6 is 12.4 Å². The fraction of sp³-hybridized carbons (Fsp3) is 0.417. The molecule has 0 aromatic heterocycles. The van der Waals surface area contributed by atoms with Gasteiger partial charge < -0.3 is 5.73 Å². The zero-order valence-corrected chi connectivity index (χ0v) is 27.8. The molecule has 0 heterocycles. The molecule has 8 heteroatoms. The summed E-state index contributed by atoms with van der Waals surface area (Å²) in [6.45, 7) is 15.6. The van der Waals surface area contributed by atoms with Crippen LogP contribution in [0.2, 0.25) is 0 Å². The molecule has 0 unspecified atom stereocenters. The molecule has 4 nitrogen and oxygen atoms in total. The molecule has 0 bridgehead atoms. The van der Waals surface area contributed by atoms with Crippen LogP contribution in [0.3, 0.4) is 0 Å². The number of Topliss-reactive ketones (excluding diaryl/α,β-unsaturated/α-hetero) is 3. The predicted molar refractivity (Wildman–Crippen MR) is 171 cm³/mol. The number of carbonyl (C=O) groups excluding carboxylic acids is 3. The maximum Gasteiger partial charge on any atom is 0.168 e. The average Bonchev–Trinajstić information content (AvgIpc) is 2.88. The van der Waals surface area contributed by atoms with E-state index in [1.54, 1.807) is 62.3 Å². The first-order chi connectivity index (χ1) is 19.5. The van der Waals surface area contributed by atoms with Gasteiger partial charge in [0.25, 0.3) is 0 Å². The standard InChI is InChI=1S/C36H42F3NO3.ClH/c1-33(2,3)30(41)21-10-12-24(27(37)16-21)19-36(40,26-15-14-23(18-29(26)39)32(43)35(7,8)9)20-25-13-11-22(17-28(25)38)31(42)34(4,5)6;/h10-18H,19-20,40H2,1-9H3;1H. The van der Waals surface area contributed by atoms with E-state index in [9.17, 15) is 14.4 Å². The lowest BCUT2D eigenvalue weighted by atomic mass is 9.77. The molecule has 0 amide bonds. The Morgan fingerprint density at radius 2 is 0.841 bits per heavy atom. The molecule has 0 fully saturated rings. The first-order valence-corrected chi connectivity index (χ1v) is 14.3. The molecule has 0 aliphatic rings. The molecular weight excluding hydrogens is 587 g/mol. The Labute approximate surface area is 265 Å². The van der Waals surface area contributed by atoms with Gasteiger partial charge in [-0.15, -0.1) is 12.4 Å². The normalized spacial score (nSPS) is 12.5. The van der Waals surface area contributed by atoms with Crippen LogP contribution in [0.1, 0.15) is 110 Å². The molecule has 0 spiro atoms. The van der Waals surface area contributed by atoms with Gasteiger partial charge in [0, 0.05) is 38.5 Å². The number of rotatable bonds is 8. The maximum atomic E-state index is 15.8. The van der Waals surface area contributed by atoms with Crippen LogP contribution < -0.4 is 5.73 Å². The molecular formula is C36H43ClF3NO3. The number of hydrogen-bond donors (Lipinski definition) is 1. The molecule has 0 radical (unpaired) electrons. The third-order valence-corrected chi connectivity index (χ3v) is 7.45. The predicted octanol–water partition coefficient (Wildman–Crippen LogP) is 8.85. The van der Waals surface area contributed by atoms with Crippen molar-refractivity contribution in [3.8, 4) is 0 Å². The molecule has 0 saturated heterocycles. The maximum absolute atomic E-state index is 15.8. The Kier molecular flexibility index (Phi) is 10.9. The number of halogens is 4. The van der Waals surface area contributed by atoms with Gasteiger partial charge in [0.1, 0.15) is 17.5 Å². The van der Waals surface area contributed by atoms with E-state index >= 15 is 13.2 Å². The van der Waals surface area contributed by atoms with Crippen molar-refractivity contribution >= 4 is 29.8 Å². The minimum absolute atomic E-state index is 0. The van der Waals surface area contributed by atoms with E-state index in [1.807, 2.05) is 0 Å². The minimum Gasteiger partial charge on any atom is -0.321 e. The third kappa shape index (κ3) is 8.24. The lowest BCUT2D eigenvalue weighted by molar-refractivity contribution is 0.0852. The highest BCUT2D eigenvalue weighted by Gasteiger charge is 2.35. The monoisotopic (exact) mass is 629 g/mol. The van der Waals surface area contributed by atoms with E-state index in [4.69, 9.17) is 5.73 Å². The largest absolute Gasteiger partial charge is 0.321 e. The molecule has 0 saturated carbocycles. The first-order valence-electron chi connectivity index (χ1n) is 14.3. The van der Waals surface area contributed by atoms with Crippen LogP contribution in [0.4, 0.5) is 13.2 Å². The van der Waals surface area contributed by atoms with Crippen LogP contribution in [-0.2, 0) is 18.4 Å². The molecule has 0 aliphatic carbocycles. The molecule has 44 heavy (non-hydrogen) atoms. The SMILES string of the molecule is CC(C)(C)C(=O)c1ccc(CC(N)(Cc2ccc(C(=O)C(C)(C)C)cc2F)c2ccc(C(=O)C(C)(C)C)cc2F)c(F)c1.Cl. The number of nitrogens with two attached hydrogens (primary N) is 1. The minimum atomic E-state index is -1.67. The fourth-order valence-corrected chi connectivity index (χ4v) is 4.96. The van der Waals surface area contributed by atoms with Gasteiger partial charge in [-0.1, -0.05) is 98.7 Å². The third-order valence-electron chi connectivity index (χ3n) is 7.45. The van der Waals surface area contributed by atoms with E-state index in [0.29, 0.717) is 0 Å². The zero-order valence-electron chi connectivity index (χ0n) is 27.0. The Balaban J connectivity index is 0.00000675. The summed E-state index contributed by atoms with van der Waals surface area (Å²) in [4.78, 5) is 38.3. The molecule has 238 valence electrons. The molecule has 0 aliphatic heterocycles. The van der Waals surface area contributed by atoms with Crippen LogP contribution in [0, 0.1) is 33.7 Å². The van der Waals surface area contributed by atoms with E-state index < -0.39 is 39.2 Å². The van der Waals surface area contributed by atoms with Crippen molar-refractivity contribution in [1.29, 1.82) is 0 Å². The molecule has 0 atom stereocenters. The van der Waals surface area contributed by atoms with Crippen molar-refractivity contribution in [2.45, 2.75) is 80.7 Å². The molecule has 3 aromatic rings. The average molecular weight is 630 g/mol. The van der Waals surface area contributed by atoms with Gasteiger partial charge in [-0.25, -0.2) is 13.2 Å². The van der Waals surface area contributed by atoms with Gasteiger partial charge in [0.2, 0.25) is 0 Å². The van der Waals surface area contributed by atoms with Crippen molar-refractivity contribution in [3.63, 3.8) is 0 Å². The Hall–Kier alpha value is -3.29. The number of carbonyl (C=O) groups is 3. The zero-order chi connectivity index (χ0) is 32.7. The summed E-state index contributed by atoms with van der Waals surface area (Å²) in [7, 11) is 0. The van der Waals surface area contributed by atoms with Crippen molar-refractivity contribution < 1.29 is 27.6 Å².